The van der Waals surface area contributed by atoms with E-state index in [4.69, 9.17) is 16.3 Å². The molecule has 0 saturated carbocycles. The lowest BCUT2D eigenvalue weighted by Gasteiger charge is -2.24. The largest absolute Gasteiger partial charge is 0.471 e. The number of alkyl halides is 3. The first-order chi connectivity index (χ1) is 11.4. The topological polar surface area (TPSA) is 71.5 Å². The summed E-state index contributed by atoms with van der Waals surface area (Å²) >= 11 is 5.62. The maximum absolute atomic E-state index is 12.7. The molecule has 0 aliphatic carbocycles. The summed E-state index contributed by atoms with van der Waals surface area (Å²) in [5, 5.41) is 2.50. The van der Waals surface area contributed by atoms with Gasteiger partial charge in [0.1, 0.15) is 10.8 Å². The number of alkyl carbamates (subject to hydrolysis) is 1. The van der Waals surface area contributed by atoms with Crippen molar-refractivity contribution in [2.45, 2.75) is 39.1 Å². The molecule has 0 fully saturated rings. The minimum atomic E-state index is -5.02. The smallest absolute Gasteiger partial charge is 0.444 e. The highest BCUT2D eigenvalue weighted by Gasteiger charge is 2.42. The maximum atomic E-state index is 12.7. The van der Waals surface area contributed by atoms with Gasteiger partial charge in [0.25, 0.3) is 0 Å². The predicted molar refractivity (Wildman–Crippen MR) is 85.0 cm³/mol. The van der Waals surface area contributed by atoms with Crippen molar-refractivity contribution in [1.82, 2.24) is 15.2 Å². The quantitative estimate of drug-likeness (QED) is 0.795. The van der Waals surface area contributed by atoms with Crippen LogP contribution in [0.5, 0.6) is 0 Å². The van der Waals surface area contributed by atoms with Crippen molar-refractivity contribution in [1.29, 1.82) is 0 Å². The van der Waals surface area contributed by atoms with E-state index in [2.05, 4.69) is 10.3 Å². The van der Waals surface area contributed by atoms with Crippen LogP contribution in [0.25, 0.3) is 0 Å². The zero-order valence-electron chi connectivity index (χ0n) is 14.0. The summed E-state index contributed by atoms with van der Waals surface area (Å²) in [5.74, 6) is -2.01. The number of carbonyl (C=O) groups excluding carboxylic acids is 2. The molecule has 1 rings (SSSR count). The average molecular weight is 382 g/mol. The number of pyridine rings is 1. The molecule has 0 aliphatic rings. The van der Waals surface area contributed by atoms with Crippen molar-refractivity contribution in [3.05, 3.63) is 29.0 Å². The summed E-state index contributed by atoms with van der Waals surface area (Å²) in [7, 11) is 0. The third-order valence-corrected chi connectivity index (χ3v) is 2.97. The summed E-state index contributed by atoms with van der Waals surface area (Å²) in [5.41, 5.74) is -0.361. The lowest BCUT2D eigenvalue weighted by Crippen LogP contribution is -2.45. The third kappa shape index (κ3) is 8.06. The van der Waals surface area contributed by atoms with E-state index in [0.717, 1.165) is 0 Å². The number of nitrogens with zero attached hydrogens (tertiary/aromatic N) is 2. The summed E-state index contributed by atoms with van der Waals surface area (Å²) in [6.45, 7) is 4.09. The van der Waals surface area contributed by atoms with E-state index in [0.29, 0.717) is 10.5 Å². The number of nitrogens with one attached hydrogen (secondary N) is 1. The number of hydrogen-bond acceptors (Lipinski definition) is 4. The van der Waals surface area contributed by atoms with Crippen molar-refractivity contribution in [3.8, 4) is 0 Å². The van der Waals surface area contributed by atoms with E-state index in [1.807, 2.05) is 0 Å². The molecule has 0 aliphatic heterocycles. The Bertz CT molecular complexity index is 601. The van der Waals surface area contributed by atoms with Crippen LogP contribution in [0.3, 0.4) is 0 Å². The monoisotopic (exact) mass is 381 g/mol. The van der Waals surface area contributed by atoms with Crippen LogP contribution < -0.4 is 5.32 Å². The molecule has 25 heavy (non-hydrogen) atoms. The van der Waals surface area contributed by atoms with Crippen molar-refractivity contribution in [3.63, 3.8) is 0 Å². The van der Waals surface area contributed by atoms with Crippen LogP contribution in [0.4, 0.5) is 18.0 Å². The fourth-order valence-corrected chi connectivity index (χ4v) is 1.87. The molecule has 1 N–H and O–H groups in total. The first-order valence-corrected chi connectivity index (χ1v) is 7.69. The van der Waals surface area contributed by atoms with Crippen LogP contribution in [0.1, 0.15) is 26.3 Å². The lowest BCUT2D eigenvalue weighted by atomic mass is 10.2. The lowest BCUT2D eigenvalue weighted by molar-refractivity contribution is -0.186. The predicted octanol–water partition coefficient (Wildman–Crippen LogP) is 3.15. The Morgan fingerprint density at radius 3 is 2.40 bits per heavy atom. The number of amides is 2. The zero-order valence-corrected chi connectivity index (χ0v) is 14.7. The molecule has 0 bridgehead atoms. The molecular weight excluding hydrogens is 363 g/mol. The fraction of sp³-hybridized carbons (Fsp3) is 0.533. The minimum absolute atomic E-state index is 0.184. The number of hydrogen-bond donors (Lipinski definition) is 1. The number of rotatable bonds is 5. The van der Waals surface area contributed by atoms with Crippen LogP contribution in [-0.2, 0) is 16.1 Å². The second-order valence-corrected chi connectivity index (χ2v) is 6.53. The molecule has 1 aromatic heterocycles. The molecular formula is C15H19ClF3N3O3. The van der Waals surface area contributed by atoms with Gasteiger partial charge in [0, 0.05) is 25.8 Å². The Morgan fingerprint density at radius 2 is 1.92 bits per heavy atom. The van der Waals surface area contributed by atoms with E-state index >= 15 is 0 Å². The van der Waals surface area contributed by atoms with Crippen molar-refractivity contribution >= 4 is 23.6 Å². The van der Waals surface area contributed by atoms with Gasteiger partial charge in [0.15, 0.2) is 0 Å². The minimum Gasteiger partial charge on any atom is -0.444 e. The van der Waals surface area contributed by atoms with Crippen molar-refractivity contribution in [2.75, 3.05) is 13.1 Å². The summed E-state index contributed by atoms with van der Waals surface area (Å²) < 4.78 is 43.2. The molecule has 2 amide bonds. The highest BCUT2D eigenvalue weighted by Crippen LogP contribution is 2.20. The first-order valence-electron chi connectivity index (χ1n) is 7.32. The van der Waals surface area contributed by atoms with Gasteiger partial charge < -0.3 is 15.0 Å². The highest BCUT2D eigenvalue weighted by molar-refractivity contribution is 6.29. The standard InChI is InChI=1S/C15H19ClF3N3O3/c1-14(2,3)25-13(24)20-6-7-22(12(23)15(17,18)19)9-10-4-5-11(16)21-8-10/h4-5,8H,6-7,9H2,1-3H3,(H,20,24). The van der Waals surface area contributed by atoms with E-state index in [1.165, 1.54) is 18.3 Å². The van der Waals surface area contributed by atoms with Crippen LogP contribution in [0, 0.1) is 0 Å². The van der Waals surface area contributed by atoms with Crippen LogP contribution in [-0.4, -0.2) is 46.8 Å². The van der Waals surface area contributed by atoms with E-state index in [-0.39, 0.29) is 24.8 Å². The molecule has 0 aromatic carbocycles. The number of aromatic nitrogens is 1. The highest BCUT2D eigenvalue weighted by atomic mass is 35.5. The molecule has 10 heteroatoms. The Morgan fingerprint density at radius 1 is 1.28 bits per heavy atom. The molecule has 0 saturated heterocycles. The van der Waals surface area contributed by atoms with E-state index in [9.17, 15) is 22.8 Å². The summed E-state index contributed by atoms with van der Waals surface area (Å²) in [4.78, 5) is 27.4. The second kappa shape index (κ2) is 8.37. The maximum Gasteiger partial charge on any atom is 0.471 e. The van der Waals surface area contributed by atoms with Gasteiger partial charge in [-0.25, -0.2) is 9.78 Å². The van der Waals surface area contributed by atoms with Gasteiger partial charge in [-0.3, -0.25) is 4.79 Å². The number of carbonyl (C=O) groups is 2. The molecule has 140 valence electrons. The molecule has 1 aromatic rings. The molecule has 0 atom stereocenters. The zero-order chi connectivity index (χ0) is 19.3. The van der Waals surface area contributed by atoms with Crippen LogP contribution >= 0.6 is 11.6 Å². The second-order valence-electron chi connectivity index (χ2n) is 6.14. The molecule has 1 heterocycles. The number of halogens is 4. The van der Waals surface area contributed by atoms with E-state index in [1.54, 1.807) is 20.8 Å². The third-order valence-electron chi connectivity index (χ3n) is 2.74. The normalized spacial score (nSPS) is 11.8. The van der Waals surface area contributed by atoms with E-state index < -0.39 is 23.8 Å². The van der Waals surface area contributed by atoms with Crippen molar-refractivity contribution in [2.24, 2.45) is 0 Å². The summed E-state index contributed by atoms with van der Waals surface area (Å²) in [6, 6.07) is 2.87. The van der Waals surface area contributed by atoms with Gasteiger partial charge in [-0.1, -0.05) is 17.7 Å². The van der Waals surface area contributed by atoms with Gasteiger partial charge in [-0.05, 0) is 32.4 Å². The Balaban J connectivity index is 2.70. The average Bonchev–Trinajstić information content (AvgIpc) is 2.44. The van der Waals surface area contributed by atoms with Crippen molar-refractivity contribution < 1.29 is 27.5 Å². The number of ether oxygens (including phenoxy) is 1. The molecule has 0 radical (unpaired) electrons. The molecule has 6 nitrogen and oxygen atoms in total. The van der Waals surface area contributed by atoms with Crippen LogP contribution in [0.2, 0.25) is 5.15 Å². The van der Waals surface area contributed by atoms with Crippen LogP contribution in [0.15, 0.2) is 18.3 Å². The Hall–Kier alpha value is -2.03. The van der Waals surface area contributed by atoms with Gasteiger partial charge in [0.2, 0.25) is 0 Å². The Kier molecular flexibility index (Phi) is 7.04. The van der Waals surface area contributed by atoms with Gasteiger partial charge >= 0.3 is 18.2 Å². The SMILES string of the molecule is CC(C)(C)OC(=O)NCCN(Cc1ccc(Cl)nc1)C(=O)C(F)(F)F. The fourth-order valence-electron chi connectivity index (χ4n) is 1.76. The van der Waals surface area contributed by atoms with Gasteiger partial charge in [-0.2, -0.15) is 13.2 Å². The Labute approximate surface area is 148 Å². The van der Waals surface area contributed by atoms with Gasteiger partial charge in [0.05, 0.1) is 0 Å². The van der Waals surface area contributed by atoms with Gasteiger partial charge in [-0.15, -0.1) is 0 Å². The molecule has 0 spiro atoms. The summed E-state index contributed by atoms with van der Waals surface area (Å²) in [6.07, 6.45) is -4.52. The molecule has 0 unspecified atom stereocenters. The first kappa shape index (κ1) is 21.0.